The molecule has 3 heterocycles. The molecule has 11 heteroatoms. The van der Waals surface area contributed by atoms with Gasteiger partial charge in [0.15, 0.2) is 17.3 Å². The van der Waals surface area contributed by atoms with Crippen molar-refractivity contribution < 1.29 is 23.4 Å². The first kappa shape index (κ1) is 24.2. The molecule has 1 saturated heterocycles. The molecular formula is C24H29FN6O4. The first-order valence-corrected chi connectivity index (χ1v) is 11.2. The number of fused-ring (bicyclic) bond motifs is 1. The zero-order valence-corrected chi connectivity index (χ0v) is 20.4. The Hall–Kier alpha value is -3.89. The molecule has 186 valence electrons. The minimum absolute atomic E-state index is 0.0134. The summed E-state index contributed by atoms with van der Waals surface area (Å²) in [6, 6.07) is 6.67. The van der Waals surface area contributed by atoms with E-state index in [1.165, 1.54) is 14.2 Å². The lowest BCUT2D eigenvalue weighted by Gasteiger charge is -2.41. The number of nitrogens with zero attached hydrogens (tertiary/aromatic N) is 5. The van der Waals surface area contributed by atoms with E-state index >= 15 is 4.39 Å². The van der Waals surface area contributed by atoms with Gasteiger partial charge in [0.25, 0.3) is 0 Å². The highest BCUT2D eigenvalue weighted by molar-refractivity contribution is 5.92. The SMILES string of the molecule is COc1cc2c(N)nc(N3CCN(C(=O)OC(C)(C)C)CC3c3ccccn3)nc2c(F)c1OC. The highest BCUT2D eigenvalue weighted by atomic mass is 19.1. The van der Waals surface area contributed by atoms with Crippen molar-refractivity contribution in [3.05, 3.63) is 42.0 Å². The van der Waals surface area contributed by atoms with Crippen LogP contribution in [0.25, 0.3) is 10.9 Å². The number of amides is 1. The van der Waals surface area contributed by atoms with Crippen molar-refractivity contribution in [2.45, 2.75) is 32.4 Å². The van der Waals surface area contributed by atoms with E-state index in [1.54, 1.807) is 17.2 Å². The van der Waals surface area contributed by atoms with Crippen LogP contribution in [-0.4, -0.2) is 65.4 Å². The summed E-state index contributed by atoms with van der Waals surface area (Å²) in [6.07, 6.45) is 1.26. The van der Waals surface area contributed by atoms with Gasteiger partial charge in [0.2, 0.25) is 5.95 Å². The third-order valence-electron chi connectivity index (χ3n) is 5.61. The summed E-state index contributed by atoms with van der Waals surface area (Å²) >= 11 is 0. The molecule has 1 fully saturated rings. The molecule has 1 aliphatic heterocycles. The van der Waals surface area contributed by atoms with Crippen LogP contribution in [0.1, 0.15) is 32.5 Å². The minimum atomic E-state index is -0.695. The smallest absolute Gasteiger partial charge is 0.410 e. The molecule has 1 amide bonds. The highest BCUT2D eigenvalue weighted by Crippen LogP contribution is 2.38. The highest BCUT2D eigenvalue weighted by Gasteiger charge is 2.35. The summed E-state index contributed by atoms with van der Waals surface area (Å²) in [7, 11) is 2.77. The molecule has 0 saturated carbocycles. The van der Waals surface area contributed by atoms with Crippen LogP contribution < -0.4 is 20.1 Å². The van der Waals surface area contributed by atoms with E-state index in [1.807, 2.05) is 43.9 Å². The van der Waals surface area contributed by atoms with Crippen LogP contribution >= 0.6 is 0 Å². The van der Waals surface area contributed by atoms with E-state index < -0.39 is 23.6 Å². The van der Waals surface area contributed by atoms with E-state index in [0.717, 1.165) is 0 Å². The number of piperazine rings is 1. The molecule has 10 nitrogen and oxygen atoms in total. The summed E-state index contributed by atoms with van der Waals surface area (Å²) in [5, 5.41) is 0.311. The van der Waals surface area contributed by atoms with Gasteiger partial charge in [0, 0.05) is 24.7 Å². The van der Waals surface area contributed by atoms with Crippen LogP contribution in [0.4, 0.5) is 21.0 Å². The number of carbonyl (C=O) groups is 1. The van der Waals surface area contributed by atoms with E-state index in [2.05, 4.69) is 15.0 Å². The van der Waals surface area contributed by atoms with Crippen molar-refractivity contribution in [2.24, 2.45) is 0 Å². The van der Waals surface area contributed by atoms with Gasteiger partial charge in [-0.05, 0) is 39.0 Å². The summed E-state index contributed by atoms with van der Waals surface area (Å²) < 4.78 is 31.3. The third kappa shape index (κ3) is 4.84. The lowest BCUT2D eigenvalue weighted by atomic mass is 10.1. The van der Waals surface area contributed by atoms with Crippen molar-refractivity contribution in [2.75, 3.05) is 44.5 Å². The number of hydrogen-bond donors (Lipinski definition) is 1. The largest absolute Gasteiger partial charge is 0.493 e. The zero-order chi connectivity index (χ0) is 25.3. The molecule has 4 rings (SSSR count). The number of methoxy groups -OCH3 is 2. The Morgan fingerprint density at radius 1 is 1.17 bits per heavy atom. The van der Waals surface area contributed by atoms with E-state index in [9.17, 15) is 4.79 Å². The number of pyridine rings is 1. The van der Waals surface area contributed by atoms with E-state index in [4.69, 9.17) is 19.9 Å². The maximum absolute atomic E-state index is 15.3. The first-order valence-electron chi connectivity index (χ1n) is 11.2. The zero-order valence-electron chi connectivity index (χ0n) is 20.4. The van der Waals surface area contributed by atoms with Gasteiger partial charge in [0.05, 0.1) is 32.5 Å². The standard InChI is InChI=1S/C24H29FN6O4/c1-24(2,3)35-23(32)30-10-11-31(16(13-30)15-8-6-7-9-27-15)22-28-19-14(21(26)29-22)12-17(33-4)20(34-5)18(19)25/h6-9,12,16H,10-11,13H2,1-5H3,(H2,26,28,29). The van der Waals surface area contributed by atoms with Crippen LogP contribution in [0.15, 0.2) is 30.5 Å². The number of hydrogen-bond acceptors (Lipinski definition) is 9. The Balaban J connectivity index is 1.76. The molecular weight excluding hydrogens is 455 g/mol. The second kappa shape index (κ2) is 9.40. The number of ether oxygens (including phenoxy) is 3. The van der Waals surface area contributed by atoms with Crippen molar-refractivity contribution in [1.29, 1.82) is 0 Å². The lowest BCUT2D eigenvalue weighted by molar-refractivity contribution is 0.0212. The van der Waals surface area contributed by atoms with Gasteiger partial charge >= 0.3 is 6.09 Å². The van der Waals surface area contributed by atoms with Gasteiger partial charge in [-0.3, -0.25) is 4.98 Å². The topological polar surface area (TPSA) is 116 Å². The number of aromatic nitrogens is 3. The van der Waals surface area contributed by atoms with Gasteiger partial charge in [-0.2, -0.15) is 4.98 Å². The van der Waals surface area contributed by atoms with Crippen LogP contribution in [0.5, 0.6) is 11.5 Å². The second-order valence-electron chi connectivity index (χ2n) is 9.12. The van der Waals surface area contributed by atoms with Crippen LogP contribution in [0, 0.1) is 5.82 Å². The van der Waals surface area contributed by atoms with E-state index in [-0.39, 0.29) is 35.3 Å². The van der Waals surface area contributed by atoms with Crippen molar-refractivity contribution in [3.8, 4) is 11.5 Å². The first-order chi connectivity index (χ1) is 16.6. The minimum Gasteiger partial charge on any atom is -0.493 e. The Morgan fingerprint density at radius 3 is 2.57 bits per heavy atom. The van der Waals surface area contributed by atoms with Crippen molar-refractivity contribution in [1.82, 2.24) is 19.9 Å². The summed E-state index contributed by atoms with van der Waals surface area (Å²) in [5.41, 5.74) is 6.33. The van der Waals surface area contributed by atoms with Crippen LogP contribution in [0.3, 0.4) is 0 Å². The second-order valence-corrected chi connectivity index (χ2v) is 9.12. The molecule has 35 heavy (non-hydrogen) atoms. The molecule has 1 aromatic carbocycles. The molecule has 3 aromatic rings. The monoisotopic (exact) mass is 484 g/mol. The molecule has 1 atom stereocenters. The van der Waals surface area contributed by atoms with Crippen LogP contribution in [-0.2, 0) is 4.74 Å². The Kier molecular flexibility index (Phi) is 6.51. The van der Waals surface area contributed by atoms with Gasteiger partial charge < -0.3 is 29.7 Å². The normalized spacial score (nSPS) is 16.3. The predicted molar refractivity (Wildman–Crippen MR) is 129 cm³/mol. The van der Waals surface area contributed by atoms with Crippen molar-refractivity contribution >= 4 is 28.8 Å². The average Bonchev–Trinajstić information content (AvgIpc) is 2.83. The van der Waals surface area contributed by atoms with E-state index in [0.29, 0.717) is 24.2 Å². The number of halogens is 1. The molecule has 2 N–H and O–H groups in total. The summed E-state index contributed by atoms with van der Waals surface area (Å²) in [6.45, 7) is 6.46. The molecule has 1 unspecified atom stereocenters. The lowest BCUT2D eigenvalue weighted by Crippen LogP contribution is -2.52. The summed E-state index contributed by atoms with van der Waals surface area (Å²) in [4.78, 5) is 29.7. The quantitative estimate of drug-likeness (QED) is 0.593. The predicted octanol–water partition coefficient (Wildman–Crippen LogP) is 3.56. The fourth-order valence-electron chi connectivity index (χ4n) is 4.01. The molecule has 0 bridgehead atoms. The molecule has 0 spiro atoms. The number of benzene rings is 1. The molecule has 1 aliphatic rings. The number of carbonyl (C=O) groups excluding carboxylic acids is 1. The number of nitrogens with two attached hydrogens (primary N) is 1. The molecule has 2 aromatic heterocycles. The fourth-order valence-corrected chi connectivity index (χ4v) is 4.01. The van der Waals surface area contributed by atoms with Crippen LogP contribution in [0.2, 0.25) is 0 Å². The number of anilines is 2. The fraction of sp³-hybridized carbons (Fsp3) is 0.417. The van der Waals surface area contributed by atoms with Gasteiger partial charge in [-0.1, -0.05) is 6.07 Å². The molecule has 0 radical (unpaired) electrons. The van der Waals surface area contributed by atoms with Gasteiger partial charge in [0.1, 0.15) is 16.9 Å². The number of rotatable bonds is 4. The van der Waals surface area contributed by atoms with Gasteiger partial charge in [-0.15, -0.1) is 0 Å². The Labute approximate surface area is 202 Å². The Morgan fingerprint density at radius 2 is 1.94 bits per heavy atom. The van der Waals surface area contributed by atoms with Gasteiger partial charge in [-0.25, -0.2) is 14.2 Å². The summed E-state index contributed by atoms with van der Waals surface area (Å²) in [5.74, 6) is -0.253. The third-order valence-corrected chi connectivity index (χ3v) is 5.61. The number of nitrogen functional groups attached to an aromatic ring is 1. The Bertz CT molecular complexity index is 1230. The molecule has 0 aliphatic carbocycles. The van der Waals surface area contributed by atoms with Crippen molar-refractivity contribution in [3.63, 3.8) is 0 Å². The maximum atomic E-state index is 15.3. The average molecular weight is 485 g/mol. The maximum Gasteiger partial charge on any atom is 0.410 e.